The van der Waals surface area contributed by atoms with Crippen molar-refractivity contribution in [3.63, 3.8) is 0 Å². The fourth-order valence-electron chi connectivity index (χ4n) is 2.56. The standard InChI is InChI=1S/C20H16FN5O/c1-12-6-14(21)8-16(7-12)26-20-18(19(23)27)9-17(11-24-20)25-15-4-2-13(10-22)3-5-15/h2-9,11,25H,1H3,(H2,23,27)(H,24,26). The van der Waals surface area contributed by atoms with Gasteiger partial charge < -0.3 is 16.4 Å². The molecule has 4 N–H and O–H groups in total. The van der Waals surface area contributed by atoms with Crippen molar-refractivity contribution < 1.29 is 9.18 Å². The molecule has 7 heteroatoms. The minimum Gasteiger partial charge on any atom is -0.365 e. The van der Waals surface area contributed by atoms with Gasteiger partial charge in [-0.1, -0.05) is 0 Å². The van der Waals surface area contributed by atoms with E-state index in [9.17, 15) is 9.18 Å². The predicted octanol–water partition coefficient (Wildman–Crippen LogP) is 3.99. The normalized spacial score (nSPS) is 10.1. The molecule has 3 rings (SSSR count). The van der Waals surface area contributed by atoms with Crippen LogP contribution in [0, 0.1) is 24.1 Å². The van der Waals surface area contributed by atoms with Crippen LogP contribution in [-0.2, 0) is 0 Å². The predicted molar refractivity (Wildman–Crippen MR) is 102 cm³/mol. The van der Waals surface area contributed by atoms with Gasteiger partial charge in [-0.15, -0.1) is 0 Å². The first-order valence-corrected chi connectivity index (χ1v) is 8.06. The van der Waals surface area contributed by atoms with Crippen molar-refractivity contribution in [1.82, 2.24) is 4.98 Å². The topological polar surface area (TPSA) is 104 Å². The molecule has 0 unspecified atom stereocenters. The third kappa shape index (κ3) is 4.38. The molecule has 134 valence electrons. The maximum atomic E-state index is 13.6. The van der Waals surface area contributed by atoms with Gasteiger partial charge in [0.2, 0.25) is 0 Å². The maximum Gasteiger partial charge on any atom is 0.252 e. The van der Waals surface area contributed by atoms with Crippen molar-refractivity contribution in [2.24, 2.45) is 5.73 Å². The summed E-state index contributed by atoms with van der Waals surface area (Å²) < 4.78 is 13.6. The number of carbonyl (C=O) groups is 1. The van der Waals surface area contributed by atoms with Crippen LogP contribution < -0.4 is 16.4 Å². The van der Waals surface area contributed by atoms with Crippen LogP contribution in [0.2, 0.25) is 0 Å². The molecule has 1 aromatic heterocycles. The molecule has 0 atom stereocenters. The Morgan fingerprint density at radius 1 is 1.07 bits per heavy atom. The lowest BCUT2D eigenvalue weighted by Gasteiger charge is -2.13. The van der Waals surface area contributed by atoms with Gasteiger partial charge in [0, 0.05) is 11.4 Å². The van der Waals surface area contributed by atoms with E-state index in [-0.39, 0.29) is 11.4 Å². The second kappa shape index (κ2) is 7.54. The number of primary amides is 1. The fourth-order valence-corrected chi connectivity index (χ4v) is 2.56. The van der Waals surface area contributed by atoms with Crippen LogP contribution in [0.25, 0.3) is 0 Å². The summed E-state index contributed by atoms with van der Waals surface area (Å²) >= 11 is 0. The number of nitriles is 1. The smallest absolute Gasteiger partial charge is 0.252 e. The number of benzene rings is 2. The van der Waals surface area contributed by atoms with Gasteiger partial charge in [0.15, 0.2) is 0 Å². The monoisotopic (exact) mass is 361 g/mol. The zero-order valence-corrected chi connectivity index (χ0v) is 14.5. The fraction of sp³-hybridized carbons (Fsp3) is 0.0500. The maximum absolute atomic E-state index is 13.6. The third-order valence-electron chi connectivity index (χ3n) is 3.76. The number of anilines is 4. The van der Waals surface area contributed by atoms with Gasteiger partial charge in [-0.25, -0.2) is 9.37 Å². The molecule has 0 bridgehead atoms. The summed E-state index contributed by atoms with van der Waals surface area (Å²) in [4.78, 5) is 16.1. The van der Waals surface area contributed by atoms with Crippen LogP contribution >= 0.6 is 0 Å². The molecule has 1 heterocycles. The Hall–Kier alpha value is -3.92. The molecule has 2 aromatic carbocycles. The number of nitrogens with zero attached hydrogens (tertiary/aromatic N) is 2. The zero-order chi connectivity index (χ0) is 19.4. The SMILES string of the molecule is Cc1cc(F)cc(Nc2ncc(Nc3ccc(C#N)cc3)cc2C(N)=O)c1. The average molecular weight is 361 g/mol. The van der Waals surface area contributed by atoms with E-state index in [0.29, 0.717) is 16.9 Å². The molecule has 1 amide bonds. The van der Waals surface area contributed by atoms with Crippen LogP contribution in [0.4, 0.5) is 27.3 Å². The van der Waals surface area contributed by atoms with E-state index in [4.69, 9.17) is 11.0 Å². The minimum atomic E-state index is -0.665. The number of aryl methyl sites for hydroxylation is 1. The molecule has 0 spiro atoms. The van der Waals surface area contributed by atoms with Gasteiger partial charge in [-0.3, -0.25) is 4.79 Å². The number of halogens is 1. The van der Waals surface area contributed by atoms with E-state index in [0.717, 1.165) is 11.3 Å². The first kappa shape index (κ1) is 17.9. The van der Waals surface area contributed by atoms with Crippen molar-refractivity contribution in [3.8, 4) is 6.07 Å². The Morgan fingerprint density at radius 2 is 1.81 bits per heavy atom. The highest BCUT2D eigenvalue weighted by Crippen LogP contribution is 2.24. The summed E-state index contributed by atoms with van der Waals surface area (Å²) in [6, 6.07) is 14.9. The molecule has 6 nitrogen and oxygen atoms in total. The second-order valence-electron chi connectivity index (χ2n) is 5.94. The highest BCUT2D eigenvalue weighted by Gasteiger charge is 2.12. The Bertz CT molecular complexity index is 1020. The first-order valence-electron chi connectivity index (χ1n) is 8.06. The van der Waals surface area contributed by atoms with Crippen molar-refractivity contribution in [2.45, 2.75) is 6.92 Å². The summed E-state index contributed by atoms with van der Waals surface area (Å²) in [5.41, 5.74) is 8.66. The van der Waals surface area contributed by atoms with E-state index in [1.165, 1.54) is 18.3 Å². The Labute approximate surface area is 155 Å². The highest BCUT2D eigenvalue weighted by molar-refractivity contribution is 5.99. The van der Waals surface area contributed by atoms with Crippen molar-refractivity contribution in [3.05, 3.63) is 77.2 Å². The van der Waals surface area contributed by atoms with Crippen LogP contribution in [-0.4, -0.2) is 10.9 Å². The molecule has 0 aliphatic carbocycles. The van der Waals surface area contributed by atoms with Gasteiger partial charge in [-0.05, 0) is 61.0 Å². The highest BCUT2D eigenvalue weighted by atomic mass is 19.1. The number of nitrogens with two attached hydrogens (primary N) is 1. The number of amides is 1. The molecular weight excluding hydrogens is 345 g/mol. The number of aromatic nitrogens is 1. The number of hydrogen-bond donors (Lipinski definition) is 3. The molecule has 0 fully saturated rings. The lowest BCUT2D eigenvalue weighted by atomic mass is 10.2. The number of hydrogen-bond acceptors (Lipinski definition) is 5. The average Bonchev–Trinajstić information content (AvgIpc) is 2.62. The summed E-state index contributed by atoms with van der Waals surface area (Å²) in [7, 11) is 0. The van der Waals surface area contributed by atoms with E-state index in [1.807, 2.05) is 6.07 Å². The summed E-state index contributed by atoms with van der Waals surface area (Å²) in [5, 5.41) is 14.9. The molecule has 0 saturated heterocycles. The van der Waals surface area contributed by atoms with Gasteiger partial charge in [-0.2, -0.15) is 5.26 Å². The van der Waals surface area contributed by atoms with Crippen molar-refractivity contribution in [1.29, 1.82) is 5.26 Å². The third-order valence-corrected chi connectivity index (χ3v) is 3.76. The van der Waals surface area contributed by atoms with Gasteiger partial charge in [0.05, 0.1) is 29.1 Å². The quantitative estimate of drug-likeness (QED) is 0.637. The van der Waals surface area contributed by atoms with Crippen molar-refractivity contribution >= 4 is 28.8 Å². The van der Waals surface area contributed by atoms with E-state index >= 15 is 0 Å². The van der Waals surface area contributed by atoms with Crippen LogP contribution in [0.1, 0.15) is 21.5 Å². The number of pyridine rings is 1. The van der Waals surface area contributed by atoms with Crippen LogP contribution in [0.3, 0.4) is 0 Å². The molecule has 0 aliphatic heterocycles. The molecule has 3 aromatic rings. The molecular formula is C20H16FN5O. The van der Waals surface area contributed by atoms with Crippen molar-refractivity contribution in [2.75, 3.05) is 10.6 Å². The largest absolute Gasteiger partial charge is 0.365 e. The molecule has 27 heavy (non-hydrogen) atoms. The van der Waals surface area contributed by atoms with Gasteiger partial charge >= 0.3 is 0 Å². The van der Waals surface area contributed by atoms with Crippen LogP contribution in [0.5, 0.6) is 0 Å². The van der Waals surface area contributed by atoms with Gasteiger partial charge in [0.1, 0.15) is 11.6 Å². The molecule has 0 radical (unpaired) electrons. The van der Waals surface area contributed by atoms with E-state index in [1.54, 1.807) is 43.3 Å². The number of rotatable bonds is 5. The Morgan fingerprint density at radius 3 is 2.44 bits per heavy atom. The molecule has 0 aliphatic rings. The summed E-state index contributed by atoms with van der Waals surface area (Å²) in [5.74, 6) is -0.822. The van der Waals surface area contributed by atoms with E-state index in [2.05, 4.69) is 15.6 Å². The second-order valence-corrected chi connectivity index (χ2v) is 5.94. The summed E-state index contributed by atoms with van der Waals surface area (Å²) in [6.07, 6.45) is 1.53. The lowest BCUT2D eigenvalue weighted by molar-refractivity contribution is 0.100. The number of nitrogens with one attached hydrogen (secondary N) is 2. The van der Waals surface area contributed by atoms with Gasteiger partial charge in [0.25, 0.3) is 5.91 Å². The summed E-state index contributed by atoms with van der Waals surface area (Å²) in [6.45, 7) is 1.77. The zero-order valence-electron chi connectivity index (χ0n) is 14.5. The first-order chi connectivity index (χ1) is 12.9. The minimum absolute atomic E-state index is 0.163. The number of carbonyl (C=O) groups excluding carboxylic acids is 1. The molecule has 0 saturated carbocycles. The van der Waals surface area contributed by atoms with E-state index < -0.39 is 11.7 Å². The van der Waals surface area contributed by atoms with Crippen LogP contribution in [0.15, 0.2) is 54.7 Å². The Kier molecular flexibility index (Phi) is 4.99. The lowest BCUT2D eigenvalue weighted by Crippen LogP contribution is -2.15. The Balaban J connectivity index is 1.88.